The minimum absolute atomic E-state index is 0.701. The maximum atomic E-state index is 8.66. The van der Waals surface area contributed by atoms with Crippen molar-refractivity contribution in [2.75, 3.05) is 0 Å². The summed E-state index contributed by atoms with van der Waals surface area (Å²) in [6.07, 6.45) is 0. The SMILES string of the molecule is N#Cc1ccc(-c2ccc(C#N)s2)s1. The highest BCUT2D eigenvalue weighted by molar-refractivity contribution is 7.22. The van der Waals surface area contributed by atoms with Gasteiger partial charge < -0.3 is 0 Å². The van der Waals surface area contributed by atoms with Gasteiger partial charge in [-0.1, -0.05) is 0 Å². The Morgan fingerprint density at radius 2 is 1.21 bits per heavy atom. The zero-order valence-corrected chi connectivity index (χ0v) is 8.65. The number of nitriles is 2. The number of thiophene rings is 2. The van der Waals surface area contributed by atoms with Gasteiger partial charge in [-0.3, -0.25) is 0 Å². The molecule has 0 N–H and O–H groups in total. The summed E-state index contributed by atoms with van der Waals surface area (Å²) < 4.78 is 0. The van der Waals surface area contributed by atoms with Crippen molar-refractivity contribution >= 4 is 22.7 Å². The average Bonchev–Trinajstić information content (AvgIpc) is 2.86. The molecule has 2 aromatic heterocycles. The molecule has 0 saturated carbocycles. The van der Waals surface area contributed by atoms with Crippen molar-refractivity contribution in [2.24, 2.45) is 0 Å². The lowest BCUT2D eigenvalue weighted by Gasteiger charge is -1.86. The molecule has 0 aromatic carbocycles. The molecule has 14 heavy (non-hydrogen) atoms. The maximum absolute atomic E-state index is 8.66. The molecule has 0 aliphatic heterocycles. The first-order valence-electron chi connectivity index (χ1n) is 3.84. The predicted octanol–water partition coefficient (Wildman–Crippen LogP) is 3.22. The van der Waals surface area contributed by atoms with Gasteiger partial charge in [0.05, 0.1) is 0 Å². The second kappa shape index (κ2) is 3.63. The van der Waals surface area contributed by atoms with Crippen LogP contribution in [0.1, 0.15) is 9.75 Å². The second-order valence-corrected chi connectivity index (χ2v) is 4.72. The maximum Gasteiger partial charge on any atom is 0.110 e. The molecule has 0 aliphatic rings. The van der Waals surface area contributed by atoms with E-state index >= 15 is 0 Å². The Balaban J connectivity index is 2.41. The van der Waals surface area contributed by atoms with Crippen LogP contribution in [-0.4, -0.2) is 0 Å². The van der Waals surface area contributed by atoms with Crippen LogP contribution in [0.2, 0.25) is 0 Å². The summed E-state index contributed by atoms with van der Waals surface area (Å²) in [5, 5.41) is 17.3. The molecule has 0 amide bonds. The largest absolute Gasteiger partial charge is 0.192 e. The van der Waals surface area contributed by atoms with Crippen LogP contribution in [-0.2, 0) is 0 Å². The molecule has 0 radical (unpaired) electrons. The van der Waals surface area contributed by atoms with Gasteiger partial charge in [0.25, 0.3) is 0 Å². The normalized spacial score (nSPS) is 9.29. The van der Waals surface area contributed by atoms with Gasteiger partial charge in [0, 0.05) is 9.75 Å². The topological polar surface area (TPSA) is 47.6 Å². The van der Waals surface area contributed by atoms with Crippen molar-refractivity contribution in [2.45, 2.75) is 0 Å². The van der Waals surface area contributed by atoms with E-state index in [0.717, 1.165) is 9.75 Å². The summed E-state index contributed by atoms with van der Waals surface area (Å²) in [6, 6.07) is 11.6. The molecule has 4 heteroatoms. The van der Waals surface area contributed by atoms with Gasteiger partial charge in [-0.05, 0) is 24.3 Å². The van der Waals surface area contributed by atoms with E-state index in [4.69, 9.17) is 10.5 Å². The van der Waals surface area contributed by atoms with Crippen LogP contribution in [0.5, 0.6) is 0 Å². The summed E-state index contributed by atoms with van der Waals surface area (Å²) in [4.78, 5) is 3.50. The summed E-state index contributed by atoms with van der Waals surface area (Å²) in [5.74, 6) is 0. The first kappa shape index (κ1) is 8.96. The third kappa shape index (κ3) is 1.54. The van der Waals surface area contributed by atoms with E-state index in [1.54, 1.807) is 12.1 Å². The zero-order valence-electron chi connectivity index (χ0n) is 7.02. The monoisotopic (exact) mass is 216 g/mol. The van der Waals surface area contributed by atoms with E-state index in [1.165, 1.54) is 22.7 Å². The molecule has 0 unspecified atom stereocenters. The fourth-order valence-electron chi connectivity index (χ4n) is 1.06. The van der Waals surface area contributed by atoms with Crippen LogP contribution in [0.3, 0.4) is 0 Å². The van der Waals surface area contributed by atoms with Crippen LogP contribution in [0.15, 0.2) is 24.3 Å². The molecule has 0 atom stereocenters. The summed E-state index contributed by atoms with van der Waals surface area (Å²) in [6.45, 7) is 0. The van der Waals surface area contributed by atoms with Gasteiger partial charge >= 0.3 is 0 Å². The molecule has 66 valence electrons. The van der Waals surface area contributed by atoms with Crippen molar-refractivity contribution in [3.05, 3.63) is 34.0 Å². The fourth-order valence-corrected chi connectivity index (χ4v) is 2.76. The lowest BCUT2D eigenvalue weighted by Crippen LogP contribution is -1.56. The number of hydrogen-bond donors (Lipinski definition) is 0. The van der Waals surface area contributed by atoms with Gasteiger partial charge in [0.2, 0.25) is 0 Å². The molecule has 0 fully saturated rings. The Morgan fingerprint density at radius 3 is 1.50 bits per heavy atom. The first-order chi connectivity index (χ1) is 6.83. The Kier molecular flexibility index (Phi) is 2.32. The molecule has 2 nitrogen and oxygen atoms in total. The van der Waals surface area contributed by atoms with E-state index in [1.807, 2.05) is 12.1 Å². The van der Waals surface area contributed by atoms with Crippen molar-refractivity contribution in [1.29, 1.82) is 10.5 Å². The van der Waals surface area contributed by atoms with Crippen molar-refractivity contribution < 1.29 is 0 Å². The van der Waals surface area contributed by atoms with Gasteiger partial charge in [-0.15, -0.1) is 22.7 Å². The van der Waals surface area contributed by atoms with Gasteiger partial charge in [0.15, 0.2) is 0 Å². The highest BCUT2D eigenvalue weighted by atomic mass is 32.1. The minimum Gasteiger partial charge on any atom is -0.192 e. The molecule has 2 aromatic rings. The summed E-state index contributed by atoms with van der Waals surface area (Å²) in [7, 11) is 0. The average molecular weight is 216 g/mol. The Hall–Kier alpha value is -1.62. The van der Waals surface area contributed by atoms with Crippen LogP contribution in [0, 0.1) is 22.7 Å². The van der Waals surface area contributed by atoms with E-state index in [9.17, 15) is 0 Å². The highest BCUT2D eigenvalue weighted by Gasteiger charge is 2.05. The third-order valence-electron chi connectivity index (χ3n) is 1.68. The predicted molar refractivity (Wildman–Crippen MR) is 57.1 cm³/mol. The molecule has 0 bridgehead atoms. The van der Waals surface area contributed by atoms with Crippen molar-refractivity contribution in [3.63, 3.8) is 0 Å². The van der Waals surface area contributed by atoms with Crippen molar-refractivity contribution in [1.82, 2.24) is 0 Å². The Bertz CT molecular complexity index is 487. The van der Waals surface area contributed by atoms with Crippen molar-refractivity contribution in [3.8, 4) is 21.9 Å². The number of nitrogens with zero attached hydrogens (tertiary/aromatic N) is 2. The molecule has 0 spiro atoms. The first-order valence-corrected chi connectivity index (χ1v) is 5.47. The second-order valence-electron chi connectivity index (χ2n) is 2.55. The molecular formula is C10H4N2S2. The highest BCUT2D eigenvalue weighted by Crippen LogP contribution is 2.32. The molecular weight excluding hydrogens is 212 g/mol. The quantitative estimate of drug-likeness (QED) is 0.734. The van der Waals surface area contributed by atoms with E-state index in [-0.39, 0.29) is 0 Å². The van der Waals surface area contributed by atoms with Crippen LogP contribution in [0.4, 0.5) is 0 Å². The van der Waals surface area contributed by atoms with Gasteiger partial charge in [0.1, 0.15) is 21.9 Å². The molecule has 0 aliphatic carbocycles. The summed E-state index contributed by atoms with van der Waals surface area (Å²) in [5.41, 5.74) is 0. The van der Waals surface area contributed by atoms with Gasteiger partial charge in [-0.2, -0.15) is 10.5 Å². The van der Waals surface area contributed by atoms with E-state index < -0.39 is 0 Å². The Morgan fingerprint density at radius 1 is 0.786 bits per heavy atom. The van der Waals surface area contributed by atoms with E-state index in [2.05, 4.69) is 12.1 Å². The van der Waals surface area contributed by atoms with Crippen LogP contribution >= 0.6 is 22.7 Å². The summed E-state index contributed by atoms with van der Waals surface area (Å²) >= 11 is 2.90. The van der Waals surface area contributed by atoms with E-state index in [0.29, 0.717) is 9.75 Å². The standard InChI is InChI=1S/C10H4N2S2/c11-5-7-1-3-9(13-7)10-4-2-8(6-12)14-10/h1-4H. The smallest absolute Gasteiger partial charge is 0.110 e. The molecule has 0 saturated heterocycles. The lowest BCUT2D eigenvalue weighted by atomic mass is 10.3. The number of hydrogen-bond acceptors (Lipinski definition) is 4. The Labute approximate surface area is 89.3 Å². The van der Waals surface area contributed by atoms with Gasteiger partial charge in [-0.25, -0.2) is 0 Å². The fraction of sp³-hybridized carbons (Fsp3) is 0. The molecule has 2 rings (SSSR count). The molecule has 2 heterocycles. The van der Waals surface area contributed by atoms with Crippen LogP contribution < -0.4 is 0 Å². The zero-order chi connectivity index (χ0) is 9.97. The third-order valence-corrected chi connectivity index (χ3v) is 3.85. The lowest BCUT2D eigenvalue weighted by molar-refractivity contribution is 1.52. The minimum atomic E-state index is 0.701. The number of rotatable bonds is 1. The van der Waals surface area contributed by atoms with Crippen LogP contribution in [0.25, 0.3) is 9.75 Å².